The summed E-state index contributed by atoms with van der Waals surface area (Å²) in [5.74, 6) is -1.33. The Hall–Kier alpha value is -2.24. The van der Waals surface area contributed by atoms with Crippen molar-refractivity contribution in [2.45, 2.75) is 20.3 Å². The van der Waals surface area contributed by atoms with Gasteiger partial charge in [-0.15, -0.1) is 0 Å². The van der Waals surface area contributed by atoms with E-state index < -0.39 is 5.97 Å². The Morgan fingerprint density at radius 3 is 2.33 bits per heavy atom. The number of aromatic carboxylic acids is 1. The van der Waals surface area contributed by atoms with Gasteiger partial charge in [0.2, 0.25) is 0 Å². The van der Waals surface area contributed by atoms with E-state index in [0.29, 0.717) is 29.6 Å². The average Bonchev–Trinajstić information content (AvgIpc) is 2.64. The van der Waals surface area contributed by atoms with Crippen molar-refractivity contribution in [2.24, 2.45) is 0 Å². The van der Waals surface area contributed by atoms with Gasteiger partial charge < -0.3 is 14.7 Å². The molecule has 1 N–H and O–H groups in total. The molecule has 0 aliphatic heterocycles. The van der Waals surface area contributed by atoms with Crippen LogP contribution in [0, 0.1) is 0 Å². The highest BCUT2D eigenvalue weighted by Crippen LogP contribution is 2.27. The van der Waals surface area contributed by atoms with E-state index in [4.69, 9.17) is 27.9 Å². The van der Waals surface area contributed by atoms with E-state index >= 15 is 0 Å². The van der Waals surface area contributed by atoms with E-state index in [1.807, 2.05) is 13.8 Å². The molecule has 0 unspecified atom stereocenters. The van der Waals surface area contributed by atoms with Crippen LogP contribution in [0.5, 0.6) is 5.75 Å². The first-order valence-corrected chi connectivity index (χ1v) is 9.36. The van der Waals surface area contributed by atoms with Gasteiger partial charge in [-0.25, -0.2) is 4.79 Å². The summed E-state index contributed by atoms with van der Waals surface area (Å²) in [7, 11) is 0. The number of carboxylic acids is 1. The molecule has 0 saturated carbocycles. The lowest BCUT2D eigenvalue weighted by molar-refractivity contribution is 0.0692. The van der Waals surface area contributed by atoms with Gasteiger partial charge >= 0.3 is 5.97 Å². The number of hydrogen-bond acceptors (Lipinski definition) is 3. The molecule has 2 aromatic rings. The van der Waals surface area contributed by atoms with Crippen LogP contribution in [0.25, 0.3) is 0 Å². The molecule has 27 heavy (non-hydrogen) atoms. The van der Waals surface area contributed by atoms with Gasteiger partial charge in [0.05, 0.1) is 12.2 Å². The zero-order valence-corrected chi connectivity index (χ0v) is 16.7. The smallest absolute Gasteiger partial charge is 0.339 e. The Balaban J connectivity index is 2.27. The van der Waals surface area contributed by atoms with Gasteiger partial charge in [-0.05, 0) is 43.7 Å². The first kappa shape index (κ1) is 21.1. The van der Waals surface area contributed by atoms with Crippen LogP contribution in [0.2, 0.25) is 10.0 Å². The predicted octanol–water partition coefficient (Wildman–Crippen LogP) is 4.80. The van der Waals surface area contributed by atoms with Crippen molar-refractivity contribution in [1.82, 2.24) is 4.90 Å². The molecule has 0 heterocycles. The molecule has 0 atom stereocenters. The molecule has 0 radical (unpaired) electrons. The number of para-hydroxylation sites is 1. The number of carboxylic acid groups (broad SMARTS) is 1. The summed E-state index contributed by atoms with van der Waals surface area (Å²) in [5.41, 5.74) is 1.02. The topological polar surface area (TPSA) is 66.8 Å². The van der Waals surface area contributed by atoms with Gasteiger partial charge in [0.1, 0.15) is 11.3 Å². The van der Waals surface area contributed by atoms with Gasteiger partial charge in [0.15, 0.2) is 0 Å². The number of amides is 1. The Kier molecular flexibility index (Phi) is 7.51. The van der Waals surface area contributed by atoms with Crippen LogP contribution in [-0.2, 0) is 6.42 Å². The summed E-state index contributed by atoms with van der Waals surface area (Å²) in [6.45, 7) is 4.94. The molecule has 2 aromatic carbocycles. The highest BCUT2D eigenvalue weighted by atomic mass is 35.5. The van der Waals surface area contributed by atoms with Crippen LogP contribution >= 0.6 is 23.2 Å². The predicted molar refractivity (Wildman–Crippen MR) is 106 cm³/mol. The van der Waals surface area contributed by atoms with Gasteiger partial charge in [0.25, 0.3) is 5.91 Å². The summed E-state index contributed by atoms with van der Waals surface area (Å²) >= 11 is 12.1. The maximum atomic E-state index is 12.7. The van der Waals surface area contributed by atoms with E-state index in [1.165, 1.54) is 6.07 Å². The van der Waals surface area contributed by atoms with Crippen LogP contribution in [0.4, 0.5) is 0 Å². The van der Waals surface area contributed by atoms with E-state index in [1.54, 1.807) is 35.2 Å². The van der Waals surface area contributed by atoms with Crippen molar-refractivity contribution in [3.05, 3.63) is 63.1 Å². The van der Waals surface area contributed by atoms with E-state index in [9.17, 15) is 14.7 Å². The fraction of sp³-hybridized carbons (Fsp3) is 0.300. The van der Waals surface area contributed by atoms with Crippen molar-refractivity contribution in [3.8, 4) is 5.75 Å². The molecule has 0 aliphatic rings. The van der Waals surface area contributed by atoms with Crippen molar-refractivity contribution in [3.63, 3.8) is 0 Å². The fourth-order valence-electron chi connectivity index (χ4n) is 2.70. The van der Waals surface area contributed by atoms with E-state index in [0.717, 1.165) is 5.56 Å². The molecule has 7 heteroatoms. The Bertz CT molecular complexity index is 835. The second-order valence-electron chi connectivity index (χ2n) is 5.80. The molecule has 144 valence electrons. The normalized spacial score (nSPS) is 10.5. The molecular formula is C20H21Cl2NO4. The number of ether oxygens (including phenoxy) is 1. The summed E-state index contributed by atoms with van der Waals surface area (Å²) in [4.78, 5) is 25.9. The second-order valence-corrected chi connectivity index (χ2v) is 6.64. The minimum Gasteiger partial charge on any atom is -0.491 e. The highest BCUT2D eigenvalue weighted by Gasteiger charge is 2.23. The molecule has 0 fully saturated rings. The second kappa shape index (κ2) is 9.62. The minimum absolute atomic E-state index is 0.0461. The number of nitrogens with zero attached hydrogens (tertiary/aromatic N) is 1. The molecule has 1 amide bonds. The van der Waals surface area contributed by atoms with Crippen molar-refractivity contribution >= 4 is 35.1 Å². The van der Waals surface area contributed by atoms with Crippen LogP contribution < -0.4 is 4.74 Å². The Morgan fingerprint density at radius 2 is 1.74 bits per heavy atom. The maximum Gasteiger partial charge on any atom is 0.339 e. The molecule has 0 bridgehead atoms. The van der Waals surface area contributed by atoms with Crippen LogP contribution in [0.15, 0.2) is 36.4 Å². The minimum atomic E-state index is -1.15. The number of hydrogen-bond donors (Lipinski definition) is 1. The lowest BCUT2D eigenvalue weighted by atomic mass is 10.1. The molecular weight excluding hydrogens is 389 g/mol. The standard InChI is InChI=1S/C20H21Cl2NO4/c1-3-23(4-2)19(24)15-6-5-7-16(20(25)26)18(15)27-11-10-13-8-9-14(21)12-17(13)22/h5-9,12H,3-4,10-11H2,1-2H3,(H,25,26). The molecule has 0 saturated heterocycles. The number of benzene rings is 2. The summed E-state index contributed by atoms with van der Waals surface area (Å²) in [6, 6.07) is 9.70. The van der Waals surface area contributed by atoms with Crippen LogP contribution in [-0.4, -0.2) is 41.6 Å². The summed E-state index contributed by atoms with van der Waals surface area (Å²) in [5, 5.41) is 10.5. The summed E-state index contributed by atoms with van der Waals surface area (Å²) in [6.07, 6.45) is 0.447. The third kappa shape index (κ3) is 5.15. The third-order valence-electron chi connectivity index (χ3n) is 4.16. The fourth-order valence-corrected chi connectivity index (χ4v) is 3.20. The number of rotatable bonds is 8. The number of carbonyl (C=O) groups excluding carboxylic acids is 1. The maximum absolute atomic E-state index is 12.7. The zero-order valence-electron chi connectivity index (χ0n) is 15.2. The molecule has 0 aliphatic carbocycles. The SMILES string of the molecule is CCN(CC)C(=O)c1cccc(C(=O)O)c1OCCc1ccc(Cl)cc1Cl. The molecule has 0 spiro atoms. The van der Waals surface area contributed by atoms with Crippen molar-refractivity contribution in [2.75, 3.05) is 19.7 Å². The van der Waals surface area contributed by atoms with E-state index in [-0.39, 0.29) is 29.4 Å². The highest BCUT2D eigenvalue weighted by molar-refractivity contribution is 6.35. The zero-order chi connectivity index (χ0) is 20.0. The lowest BCUT2D eigenvalue weighted by Gasteiger charge is -2.21. The quantitative estimate of drug-likeness (QED) is 0.679. The summed E-state index contributed by atoms with van der Waals surface area (Å²) < 4.78 is 5.76. The number of halogens is 2. The lowest BCUT2D eigenvalue weighted by Crippen LogP contribution is -2.31. The third-order valence-corrected chi connectivity index (χ3v) is 4.75. The first-order valence-electron chi connectivity index (χ1n) is 8.61. The van der Waals surface area contributed by atoms with Crippen LogP contribution in [0.1, 0.15) is 40.1 Å². The van der Waals surface area contributed by atoms with Crippen molar-refractivity contribution < 1.29 is 19.4 Å². The van der Waals surface area contributed by atoms with Crippen molar-refractivity contribution in [1.29, 1.82) is 0 Å². The monoisotopic (exact) mass is 409 g/mol. The van der Waals surface area contributed by atoms with Gasteiger partial charge in [0, 0.05) is 29.6 Å². The molecule has 2 rings (SSSR count). The Labute approximate surface area is 168 Å². The van der Waals surface area contributed by atoms with E-state index in [2.05, 4.69) is 0 Å². The molecule has 5 nitrogen and oxygen atoms in total. The van der Waals surface area contributed by atoms with Gasteiger partial charge in [-0.2, -0.15) is 0 Å². The van der Waals surface area contributed by atoms with Crippen LogP contribution in [0.3, 0.4) is 0 Å². The number of carbonyl (C=O) groups is 2. The van der Waals surface area contributed by atoms with Gasteiger partial charge in [-0.3, -0.25) is 4.79 Å². The average molecular weight is 410 g/mol. The Morgan fingerprint density at radius 1 is 1.07 bits per heavy atom. The largest absolute Gasteiger partial charge is 0.491 e. The molecule has 0 aromatic heterocycles. The first-order chi connectivity index (χ1) is 12.9. The van der Waals surface area contributed by atoms with Gasteiger partial charge in [-0.1, -0.05) is 35.3 Å².